The molecule has 110 valence electrons. The summed E-state index contributed by atoms with van der Waals surface area (Å²) in [6, 6.07) is 5.92. The highest BCUT2D eigenvalue weighted by atomic mass is 19.1. The largest absolute Gasteiger partial charge is 0.362 e. The van der Waals surface area contributed by atoms with Gasteiger partial charge in [0.25, 0.3) is 0 Å². The van der Waals surface area contributed by atoms with E-state index in [1.165, 1.54) is 12.8 Å². The van der Waals surface area contributed by atoms with Gasteiger partial charge >= 0.3 is 0 Å². The van der Waals surface area contributed by atoms with Crippen LogP contribution >= 0.6 is 0 Å². The van der Waals surface area contributed by atoms with Gasteiger partial charge in [0.15, 0.2) is 5.82 Å². The predicted molar refractivity (Wildman–Crippen MR) is 77.3 cm³/mol. The van der Waals surface area contributed by atoms with Gasteiger partial charge in [-0.3, -0.25) is 0 Å². The highest BCUT2D eigenvalue weighted by molar-refractivity contribution is 5.49. The molecule has 1 fully saturated rings. The third-order valence-electron chi connectivity index (χ3n) is 4.12. The molecule has 1 N–H and O–H groups in total. The van der Waals surface area contributed by atoms with Crippen LogP contribution in [0.2, 0.25) is 0 Å². The first kappa shape index (κ1) is 12.8. The van der Waals surface area contributed by atoms with Crippen molar-refractivity contribution < 1.29 is 4.39 Å². The van der Waals surface area contributed by atoms with E-state index in [1.54, 1.807) is 18.5 Å². The van der Waals surface area contributed by atoms with Crippen LogP contribution in [0.3, 0.4) is 0 Å². The van der Waals surface area contributed by atoms with Gasteiger partial charge in [-0.1, -0.05) is 0 Å². The number of hydrogen-bond acceptors (Lipinski definition) is 4. The van der Waals surface area contributed by atoms with Crippen LogP contribution in [0.25, 0.3) is 0 Å². The second kappa shape index (κ2) is 5.11. The molecule has 21 heavy (non-hydrogen) atoms. The van der Waals surface area contributed by atoms with Gasteiger partial charge in [0.2, 0.25) is 0 Å². The first-order chi connectivity index (χ1) is 10.3. The Morgan fingerprint density at radius 1 is 1.24 bits per heavy atom. The Morgan fingerprint density at radius 3 is 3.00 bits per heavy atom. The summed E-state index contributed by atoms with van der Waals surface area (Å²) >= 11 is 0. The monoisotopic (exact) mass is 287 g/mol. The minimum Gasteiger partial charge on any atom is -0.362 e. The van der Waals surface area contributed by atoms with Crippen LogP contribution in [0.5, 0.6) is 0 Å². The molecule has 1 saturated carbocycles. The smallest absolute Gasteiger partial charge is 0.152 e. The molecule has 4 rings (SSSR count). The van der Waals surface area contributed by atoms with E-state index in [2.05, 4.69) is 26.5 Å². The number of nitrogens with zero attached hydrogens (tertiary/aromatic N) is 4. The van der Waals surface area contributed by atoms with E-state index in [0.29, 0.717) is 12.6 Å². The number of anilines is 1. The second-order valence-corrected chi connectivity index (χ2v) is 5.83. The lowest BCUT2D eigenvalue weighted by atomic mass is 10.1. The Hall–Kier alpha value is -1.95. The van der Waals surface area contributed by atoms with Gasteiger partial charge in [0.05, 0.1) is 6.54 Å². The van der Waals surface area contributed by atoms with Crippen LogP contribution in [-0.4, -0.2) is 27.4 Å². The van der Waals surface area contributed by atoms with Crippen molar-refractivity contribution in [3.8, 4) is 0 Å². The zero-order valence-corrected chi connectivity index (χ0v) is 11.8. The summed E-state index contributed by atoms with van der Waals surface area (Å²) in [5, 5.41) is 11.5. The molecule has 0 atom stereocenters. The molecule has 0 unspecified atom stereocenters. The highest BCUT2D eigenvalue weighted by Gasteiger charge is 2.21. The van der Waals surface area contributed by atoms with E-state index in [-0.39, 0.29) is 5.82 Å². The molecule has 2 aromatic rings. The quantitative estimate of drug-likeness (QED) is 0.929. The van der Waals surface area contributed by atoms with Crippen LogP contribution in [0, 0.1) is 5.82 Å². The van der Waals surface area contributed by atoms with Crippen molar-refractivity contribution >= 4 is 5.69 Å². The molecule has 1 aromatic carbocycles. The Balaban J connectivity index is 1.53. The summed E-state index contributed by atoms with van der Waals surface area (Å²) in [6.45, 7) is 3.11. The molecule has 2 aliphatic rings. The predicted octanol–water partition coefficient (Wildman–Crippen LogP) is 1.69. The maximum absolute atomic E-state index is 13.9. The van der Waals surface area contributed by atoms with E-state index < -0.39 is 0 Å². The van der Waals surface area contributed by atoms with Crippen LogP contribution in [-0.2, 0) is 19.6 Å². The van der Waals surface area contributed by atoms with Gasteiger partial charge < -0.3 is 14.8 Å². The van der Waals surface area contributed by atoms with Gasteiger partial charge in [0.1, 0.15) is 12.1 Å². The molecule has 0 bridgehead atoms. The third kappa shape index (κ3) is 2.76. The Bertz CT molecular complexity index is 649. The number of halogens is 1. The summed E-state index contributed by atoms with van der Waals surface area (Å²) in [7, 11) is 0. The van der Waals surface area contributed by atoms with E-state index in [1.807, 2.05) is 4.57 Å². The molecule has 2 heterocycles. The van der Waals surface area contributed by atoms with E-state index in [4.69, 9.17) is 0 Å². The normalized spacial score (nSPS) is 17.9. The fourth-order valence-electron chi connectivity index (χ4n) is 2.75. The van der Waals surface area contributed by atoms with E-state index in [9.17, 15) is 4.39 Å². The molecule has 5 nitrogen and oxygen atoms in total. The molecule has 0 spiro atoms. The van der Waals surface area contributed by atoms with Crippen molar-refractivity contribution in [2.75, 3.05) is 11.4 Å². The minimum atomic E-state index is -0.174. The number of aromatic nitrogens is 3. The van der Waals surface area contributed by atoms with Gasteiger partial charge in [-0.15, -0.1) is 10.2 Å². The van der Waals surface area contributed by atoms with Crippen molar-refractivity contribution in [2.45, 2.75) is 38.5 Å². The first-order valence-corrected chi connectivity index (χ1v) is 7.42. The number of fused-ring (bicyclic) bond motifs is 1. The standard InChI is InChI=1S/C15H18FN5/c16-12-5-11(8-17-13-1-2-13)6-14(7-12)20-3-4-21-10-18-19-15(21)9-20/h5-7,10,13,17H,1-4,8-9H2. The molecule has 1 aliphatic carbocycles. The number of rotatable bonds is 4. The fraction of sp³-hybridized carbons (Fsp3) is 0.467. The average molecular weight is 287 g/mol. The van der Waals surface area contributed by atoms with Gasteiger partial charge in [0, 0.05) is 31.4 Å². The molecule has 1 aromatic heterocycles. The molecular formula is C15H18FN5. The lowest BCUT2D eigenvalue weighted by molar-refractivity contribution is 0.556. The summed E-state index contributed by atoms with van der Waals surface area (Å²) < 4.78 is 15.9. The molecule has 0 saturated heterocycles. The van der Waals surface area contributed by atoms with Gasteiger partial charge in [-0.05, 0) is 36.6 Å². The maximum atomic E-state index is 13.9. The van der Waals surface area contributed by atoms with Crippen molar-refractivity contribution in [3.05, 3.63) is 41.7 Å². The average Bonchev–Trinajstić information content (AvgIpc) is 3.20. The zero-order chi connectivity index (χ0) is 14.2. The Kier molecular flexibility index (Phi) is 3.11. The fourth-order valence-corrected chi connectivity index (χ4v) is 2.75. The Labute approximate surface area is 122 Å². The summed E-state index contributed by atoms with van der Waals surface area (Å²) in [5.41, 5.74) is 1.93. The SMILES string of the molecule is Fc1cc(CNC2CC2)cc(N2CCn3cnnc3C2)c1. The maximum Gasteiger partial charge on any atom is 0.152 e. The van der Waals surface area contributed by atoms with Crippen molar-refractivity contribution in [3.63, 3.8) is 0 Å². The zero-order valence-electron chi connectivity index (χ0n) is 11.8. The van der Waals surface area contributed by atoms with Crippen LogP contribution < -0.4 is 10.2 Å². The van der Waals surface area contributed by atoms with E-state index >= 15 is 0 Å². The van der Waals surface area contributed by atoms with E-state index in [0.717, 1.165) is 36.7 Å². The first-order valence-electron chi connectivity index (χ1n) is 7.42. The number of hydrogen-bond donors (Lipinski definition) is 1. The van der Waals surface area contributed by atoms with Crippen LogP contribution in [0.1, 0.15) is 24.2 Å². The Morgan fingerprint density at radius 2 is 2.14 bits per heavy atom. The molecule has 0 radical (unpaired) electrons. The lowest BCUT2D eigenvalue weighted by Crippen LogP contribution is -2.33. The molecule has 1 aliphatic heterocycles. The van der Waals surface area contributed by atoms with Crippen molar-refractivity contribution in [1.29, 1.82) is 0 Å². The lowest BCUT2D eigenvalue weighted by Gasteiger charge is -2.29. The van der Waals surface area contributed by atoms with Gasteiger partial charge in [-0.2, -0.15) is 0 Å². The number of nitrogens with one attached hydrogen (secondary N) is 1. The summed E-state index contributed by atoms with van der Waals surface area (Å²) in [5.74, 6) is 0.760. The third-order valence-corrected chi connectivity index (χ3v) is 4.12. The van der Waals surface area contributed by atoms with Crippen LogP contribution in [0.4, 0.5) is 10.1 Å². The summed E-state index contributed by atoms with van der Waals surface area (Å²) in [6.07, 6.45) is 4.23. The topological polar surface area (TPSA) is 46.0 Å². The van der Waals surface area contributed by atoms with Crippen LogP contribution in [0.15, 0.2) is 24.5 Å². The highest BCUT2D eigenvalue weighted by Crippen LogP contribution is 2.24. The molecular weight excluding hydrogens is 269 g/mol. The molecule has 6 heteroatoms. The number of benzene rings is 1. The molecule has 0 amide bonds. The summed E-state index contributed by atoms with van der Waals surface area (Å²) in [4.78, 5) is 2.16. The minimum absolute atomic E-state index is 0.174. The van der Waals surface area contributed by atoms with Crippen molar-refractivity contribution in [2.24, 2.45) is 0 Å². The second-order valence-electron chi connectivity index (χ2n) is 5.83. The van der Waals surface area contributed by atoms with Crippen molar-refractivity contribution in [1.82, 2.24) is 20.1 Å². The van der Waals surface area contributed by atoms with Gasteiger partial charge in [-0.25, -0.2) is 4.39 Å².